The Balaban J connectivity index is 1.97. The summed E-state index contributed by atoms with van der Waals surface area (Å²) in [6, 6.07) is 18.9. The topological polar surface area (TPSA) is 29.9 Å². The van der Waals surface area contributed by atoms with Gasteiger partial charge in [0.15, 0.2) is 0 Å². The second kappa shape index (κ2) is 6.37. The molecule has 0 radical (unpaired) electrons. The molecule has 0 aliphatic heterocycles. The highest BCUT2D eigenvalue weighted by Gasteiger charge is 2.06. The molecular formula is C18H19N3. The minimum absolute atomic E-state index is 0.889. The van der Waals surface area contributed by atoms with Crippen LogP contribution in [0.4, 0.5) is 0 Å². The van der Waals surface area contributed by atoms with Crippen LogP contribution in [-0.4, -0.2) is 16.1 Å². The molecule has 0 bridgehead atoms. The Bertz CT molecular complexity index is 701. The maximum atomic E-state index is 4.31. The molecular weight excluding hydrogens is 258 g/mol. The summed E-state index contributed by atoms with van der Waals surface area (Å²) < 4.78 is 2.13. The molecule has 3 rings (SSSR count). The standard InChI is InChI=1S/C18H19N3/c1-2-19-12-15-7-6-10-17(11-15)21-14-20-13-18(21)16-8-4-3-5-9-16/h3-11,13-14,19H,2,12H2,1H3. The van der Waals surface area contributed by atoms with Crippen molar-refractivity contribution in [2.75, 3.05) is 6.54 Å². The van der Waals surface area contributed by atoms with Crippen LogP contribution in [0.5, 0.6) is 0 Å². The molecule has 1 heterocycles. The van der Waals surface area contributed by atoms with Gasteiger partial charge in [-0.15, -0.1) is 0 Å². The molecule has 0 atom stereocenters. The zero-order valence-electron chi connectivity index (χ0n) is 12.2. The SMILES string of the molecule is CCNCc1cccc(-n2cncc2-c2ccccc2)c1. The number of hydrogen-bond donors (Lipinski definition) is 1. The zero-order valence-corrected chi connectivity index (χ0v) is 12.2. The Morgan fingerprint density at radius 2 is 1.90 bits per heavy atom. The summed E-state index contributed by atoms with van der Waals surface area (Å²) in [7, 11) is 0. The smallest absolute Gasteiger partial charge is 0.0997 e. The Hall–Kier alpha value is -2.39. The highest BCUT2D eigenvalue weighted by Crippen LogP contribution is 2.22. The van der Waals surface area contributed by atoms with E-state index >= 15 is 0 Å². The van der Waals surface area contributed by atoms with E-state index in [4.69, 9.17) is 0 Å². The summed E-state index contributed by atoms with van der Waals surface area (Å²) in [4.78, 5) is 4.31. The van der Waals surface area contributed by atoms with Crippen LogP contribution in [-0.2, 0) is 6.54 Å². The Kier molecular flexibility index (Phi) is 4.12. The van der Waals surface area contributed by atoms with Gasteiger partial charge in [-0.25, -0.2) is 4.98 Å². The van der Waals surface area contributed by atoms with Crippen molar-refractivity contribution in [2.24, 2.45) is 0 Å². The molecule has 1 aromatic heterocycles. The van der Waals surface area contributed by atoms with Crippen molar-refractivity contribution in [3.8, 4) is 16.9 Å². The van der Waals surface area contributed by atoms with Crippen LogP contribution in [0.3, 0.4) is 0 Å². The fourth-order valence-electron chi connectivity index (χ4n) is 2.41. The molecule has 2 aromatic carbocycles. The van der Waals surface area contributed by atoms with Crippen molar-refractivity contribution in [2.45, 2.75) is 13.5 Å². The van der Waals surface area contributed by atoms with E-state index in [0.29, 0.717) is 0 Å². The molecule has 0 fully saturated rings. The minimum atomic E-state index is 0.889. The number of nitrogens with zero attached hydrogens (tertiary/aromatic N) is 2. The molecule has 3 nitrogen and oxygen atoms in total. The summed E-state index contributed by atoms with van der Waals surface area (Å²) in [6.07, 6.45) is 3.78. The molecule has 0 amide bonds. The van der Waals surface area contributed by atoms with Gasteiger partial charge in [0.2, 0.25) is 0 Å². The van der Waals surface area contributed by atoms with E-state index in [1.807, 2.05) is 30.7 Å². The van der Waals surface area contributed by atoms with Crippen molar-refractivity contribution in [3.05, 3.63) is 72.7 Å². The van der Waals surface area contributed by atoms with Crippen LogP contribution in [0.15, 0.2) is 67.1 Å². The Labute approximate surface area is 125 Å². The maximum Gasteiger partial charge on any atom is 0.0997 e. The third kappa shape index (κ3) is 3.03. The first-order chi connectivity index (χ1) is 10.4. The number of aromatic nitrogens is 2. The quantitative estimate of drug-likeness (QED) is 0.771. The lowest BCUT2D eigenvalue weighted by Crippen LogP contribution is -2.11. The van der Waals surface area contributed by atoms with Crippen molar-refractivity contribution in [3.63, 3.8) is 0 Å². The van der Waals surface area contributed by atoms with E-state index in [1.165, 1.54) is 11.1 Å². The van der Waals surface area contributed by atoms with Crippen LogP contribution in [0, 0.1) is 0 Å². The van der Waals surface area contributed by atoms with E-state index in [1.54, 1.807) is 0 Å². The second-order valence-corrected chi connectivity index (χ2v) is 4.97. The van der Waals surface area contributed by atoms with Gasteiger partial charge < -0.3 is 5.32 Å². The third-order valence-corrected chi connectivity index (χ3v) is 3.48. The number of rotatable bonds is 5. The summed E-state index contributed by atoms with van der Waals surface area (Å²) in [5.41, 5.74) is 4.70. The summed E-state index contributed by atoms with van der Waals surface area (Å²) in [6.45, 7) is 3.98. The first kappa shape index (κ1) is 13.6. The molecule has 3 aromatic rings. The van der Waals surface area contributed by atoms with Crippen molar-refractivity contribution in [1.29, 1.82) is 0 Å². The fraction of sp³-hybridized carbons (Fsp3) is 0.167. The predicted octanol–water partition coefficient (Wildman–Crippen LogP) is 3.65. The van der Waals surface area contributed by atoms with E-state index in [0.717, 1.165) is 24.5 Å². The van der Waals surface area contributed by atoms with Gasteiger partial charge in [-0.2, -0.15) is 0 Å². The van der Waals surface area contributed by atoms with E-state index in [2.05, 4.69) is 58.2 Å². The molecule has 0 spiro atoms. The lowest BCUT2D eigenvalue weighted by molar-refractivity contribution is 0.726. The van der Waals surface area contributed by atoms with Gasteiger partial charge in [0.05, 0.1) is 18.2 Å². The maximum absolute atomic E-state index is 4.31. The Morgan fingerprint density at radius 1 is 1.05 bits per heavy atom. The van der Waals surface area contributed by atoms with Gasteiger partial charge in [-0.3, -0.25) is 4.57 Å². The van der Waals surface area contributed by atoms with Gasteiger partial charge in [0.25, 0.3) is 0 Å². The average molecular weight is 277 g/mol. The number of imidazole rings is 1. The van der Waals surface area contributed by atoms with Gasteiger partial charge in [0, 0.05) is 17.8 Å². The minimum Gasteiger partial charge on any atom is -0.313 e. The van der Waals surface area contributed by atoms with E-state index in [-0.39, 0.29) is 0 Å². The summed E-state index contributed by atoms with van der Waals surface area (Å²) >= 11 is 0. The third-order valence-electron chi connectivity index (χ3n) is 3.48. The second-order valence-electron chi connectivity index (χ2n) is 4.97. The van der Waals surface area contributed by atoms with Gasteiger partial charge in [0.1, 0.15) is 0 Å². The molecule has 1 N–H and O–H groups in total. The molecule has 0 unspecified atom stereocenters. The lowest BCUT2D eigenvalue weighted by Gasteiger charge is -2.10. The first-order valence-corrected chi connectivity index (χ1v) is 7.26. The molecule has 0 aliphatic rings. The molecule has 106 valence electrons. The van der Waals surface area contributed by atoms with Crippen molar-refractivity contribution < 1.29 is 0 Å². The van der Waals surface area contributed by atoms with E-state index < -0.39 is 0 Å². The average Bonchev–Trinajstić information content (AvgIpc) is 3.04. The van der Waals surface area contributed by atoms with Gasteiger partial charge in [-0.1, -0.05) is 49.4 Å². The molecule has 0 aliphatic carbocycles. The van der Waals surface area contributed by atoms with Crippen LogP contribution in [0.1, 0.15) is 12.5 Å². The predicted molar refractivity (Wildman–Crippen MR) is 86.4 cm³/mol. The van der Waals surface area contributed by atoms with Gasteiger partial charge >= 0.3 is 0 Å². The zero-order chi connectivity index (χ0) is 14.5. The molecule has 0 saturated heterocycles. The largest absolute Gasteiger partial charge is 0.313 e. The van der Waals surface area contributed by atoms with E-state index in [9.17, 15) is 0 Å². The molecule has 3 heteroatoms. The summed E-state index contributed by atoms with van der Waals surface area (Å²) in [5.74, 6) is 0. The number of nitrogens with one attached hydrogen (secondary N) is 1. The van der Waals surface area contributed by atoms with Gasteiger partial charge in [-0.05, 0) is 24.2 Å². The Morgan fingerprint density at radius 3 is 2.71 bits per heavy atom. The van der Waals surface area contributed by atoms with Crippen LogP contribution >= 0.6 is 0 Å². The number of benzene rings is 2. The number of hydrogen-bond acceptors (Lipinski definition) is 2. The molecule has 21 heavy (non-hydrogen) atoms. The van der Waals surface area contributed by atoms with Crippen molar-refractivity contribution in [1.82, 2.24) is 14.9 Å². The van der Waals surface area contributed by atoms with Crippen LogP contribution in [0.2, 0.25) is 0 Å². The van der Waals surface area contributed by atoms with Crippen LogP contribution < -0.4 is 5.32 Å². The highest BCUT2D eigenvalue weighted by atomic mass is 15.0. The first-order valence-electron chi connectivity index (χ1n) is 7.26. The fourth-order valence-corrected chi connectivity index (χ4v) is 2.41. The summed E-state index contributed by atoms with van der Waals surface area (Å²) in [5, 5.41) is 3.36. The van der Waals surface area contributed by atoms with Crippen LogP contribution in [0.25, 0.3) is 16.9 Å². The normalized spacial score (nSPS) is 10.7. The molecule has 0 saturated carbocycles. The van der Waals surface area contributed by atoms with Crippen molar-refractivity contribution >= 4 is 0 Å². The lowest BCUT2D eigenvalue weighted by atomic mass is 10.1. The monoisotopic (exact) mass is 277 g/mol. The highest BCUT2D eigenvalue weighted by molar-refractivity contribution is 5.61.